The molecular formula is C22H32N4O9S. The molecule has 0 aliphatic carbocycles. The average molecular weight is 529 g/mol. The standard InChI is InChI=1S/C22H32N4O9S/c1-11(27)18(22(34)35)26-21(33)15(9-12-3-5-13(28)6-4-12)25-20(32)16(10-17(29)30)24-19(31)14(23)7-8-36-2/h3-6,11,14-16,18,27-28H,7-10,23H2,1-2H3,(H,24,31)(H,25,32)(H,26,33)(H,29,30)(H,34,35). The van der Waals surface area contributed by atoms with Gasteiger partial charge in [0.1, 0.15) is 17.8 Å². The van der Waals surface area contributed by atoms with Crippen molar-refractivity contribution >= 4 is 41.4 Å². The number of nitrogens with two attached hydrogens (primary N) is 1. The highest BCUT2D eigenvalue weighted by Crippen LogP contribution is 2.12. The van der Waals surface area contributed by atoms with E-state index < -0.39 is 66.4 Å². The monoisotopic (exact) mass is 528 g/mol. The summed E-state index contributed by atoms with van der Waals surface area (Å²) in [6.07, 6.45) is -0.331. The van der Waals surface area contributed by atoms with Crippen LogP contribution >= 0.6 is 11.8 Å². The molecule has 14 heteroatoms. The number of nitrogens with one attached hydrogen (secondary N) is 3. The van der Waals surface area contributed by atoms with Crippen molar-refractivity contribution in [1.82, 2.24) is 16.0 Å². The number of rotatable bonds is 15. The zero-order chi connectivity index (χ0) is 27.4. The van der Waals surface area contributed by atoms with E-state index in [0.29, 0.717) is 11.3 Å². The number of amides is 3. The molecule has 13 nitrogen and oxygen atoms in total. The van der Waals surface area contributed by atoms with E-state index in [9.17, 15) is 44.4 Å². The van der Waals surface area contributed by atoms with Crippen molar-refractivity contribution in [3.8, 4) is 5.75 Å². The molecule has 0 aliphatic rings. The van der Waals surface area contributed by atoms with Crippen LogP contribution in [0.15, 0.2) is 24.3 Å². The fourth-order valence-electron chi connectivity index (χ4n) is 3.03. The van der Waals surface area contributed by atoms with Crippen molar-refractivity contribution < 1.29 is 44.4 Å². The summed E-state index contributed by atoms with van der Waals surface area (Å²) in [6.45, 7) is 1.16. The lowest BCUT2D eigenvalue weighted by molar-refractivity contribution is -0.145. The van der Waals surface area contributed by atoms with Gasteiger partial charge in [0, 0.05) is 6.42 Å². The van der Waals surface area contributed by atoms with Gasteiger partial charge in [0.05, 0.1) is 18.6 Å². The Morgan fingerprint density at radius 1 is 0.944 bits per heavy atom. The van der Waals surface area contributed by atoms with Gasteiger partial charge < -0.3 is 42.1 Å². The Hall–Kier alpha value is -3.36. The maximum absolute atomic E-state index is 12.9. The van der Waals surface area contributed by atoms with Crippen LogP contribution in [0.4, 0.5) is 0 Å². The van der Waals surface area contributed by atoms with Gasteiger partial charge >= 0.3 is 11.9 Å². The third-order valence-electron chi connectivity index (χ3n) is 5.04. The molecule has 0 fully saturated rings. The van der Waals surface area contributed by atoms with Crippen LogP contribution in [-0.4, -0.2) is 92.4 Å². The molecule has 200 valence electrons. The normalized spacial score (nSPS) is 15.0. The van der Waals surface area contributed by atoms with Crippen LogP contribution in [0.5, 0.6) is 5.75 Å². The number of carbonyl (C=O) groups excluding carboxylic acids is 3. The van der Waals surface area contributed by atoms with Gasteiger partial charge in [-0.3, -0.25) is 19.2 Å². The predicted molar refractivity (Wildman–Crippen MR) is 130 cm³/mol. The molecular weight excluding hydrogens is 496 g/mol. The Labute approximate surface area is 211 Å². The second kappa shape index (κ2) is 14.9. The SMILES string of the molecule is CSCCC(N)C(=O)NC(CC(=O)O)C(=O)NC(Cc1ccc(O)cc1)C(=O)NC(C(=O)O)C(C)O. The fraction of sp³-hybridized carbons (Fsp3) is 0.500. The minimum absolute atomic E-state index is 0.0501. The first kappa shape index (κ1) is 30.7. The molecule has 5 atom stereocenters. The van der Waals surface area contributed by atoms with Crippen LogP contribution in [0.3, 0.4) is 0 Å². The lowest BCUT2D eigenvalue weighted by Crippen LogP contribution is -2.59. The van der Waals surface area contributed by atoms with Gasteiger partial charge in [0.2, 0.25) is 17.7 Å². The maximum atomic E-state index is 12.9. The Morgan fingerprint density at radius 3 is 2.00 bits per heavy atom. The quantitative estimate of drug-likeness (QED) is 0.129. The van der Waals surface area contributed by atoms with Crippen molar-refractivity contribution in [1.29, 1.82) is 0 Å². The van der Waals surface area contributed by atoms with E-state index in [1.165, 1.54) is 36.0 Å². The second-order valence-corrected chi connectivity index (χ2v) is 9.03. The number of hydrogen-bond acceptors (Lipinski definition) is 9. The summed E-state index contributed by atoms with van der Waals surface area (Å²) in [7, 11) is 0. The molecule has 0 aromatic heterocycles. The molecule has 0 saturated carbocycles. The van der Waals surface area contributed by atoms with Crippen LogP contribution in [0.25, 0.3) is 0 Å². The van der Waals surface area contributed by atoms with Gasteiger partial charge in [-0.05, 0) is 43.0 Å². The molecule has 0 radical (unpaired) electrons. The van der Waals surface area contributed by atoms with Crippen LogP contribution in [0.2, 0.25) is 0 Å². The Morgan fingerprint density at radius 2 is 1.50 bits per heavy atom. The van der Waals surface area contributed by atoms with E-state index in [1.54, 1.807) is 0 Å². The number of benzene rings is 1. The fourth-order valence-corrected chi connectivity index (χ4v) is 3.52. The Balaban J connectivity index is 3.14. The number of phenols is 1. The topological polar surface area (TPSA) is 228 Å². The van der Waals surface area contributed by atoms with Crippen molar-refractivity contribution in [3.63, 3.8) is 0 Å². The number of aliphatic hydroxyl groups is 1. The Bertz CT molecular complexity index is 927. The number of hydrogen-bond donors (Lipinski definition) is 8. The van der Waals surface area contributed by atoms with Gasteiger partial charge in [-0.15, -0.1) is 0 Å². The zero-order valence-corrected chi connectivity index (χ0v) is 20.7. The first-order chi connectivity index (χ1) is 16.8. The molecule has 9 N–H and O–H groups in total. The van der Waals surface area contributed by atoms with Gasteiger partial charge in [-0.1, -0.05) is 12.1 Å². The summed E-state index contributed by atoms with van der Waals surface area (Å²) >= 11 is 1.45. The highest BCUT2D eigenvalue weighted by Gasteiger charge is 2.32. The van der Waals surface area contributed by atoms with Gasteiger partial charge in [-0.2, -0.15) is 11.8 Å². The number of carbonyl (C=O) groups is 5. The van der Waals surface area contributed by atoms with E-state index in [2.05, 4.69) is 16.0 Å². The third-order valence-corrected chi connectivity index (χ3v) is 5.68. The van der Waals surface area contributed by atoms with Crippen LogP contribution in [0.1, 0.15) is 25.3 Å². The molecule has 0 bridgehead atoms. The van der Waals surface area contributed by atoms with E-state index in [1.807, 2.05) is 6.26 Å². The van der Waals surface area contributed by atoms with E-state index in [4.69, 9.17) is 5.73 Å². The van der Waals surface area contributed by atoms with Crippen LogP contribution in [0, 0.1) is 0 Å². The molecule has 0 spiro atoms. The number of phenolic OH excluding ortho intramolecular Hbond substituents is 1. The number of carboxylic acid groups (broad SMARTS) is 2. The van der Waals surface area contributed by atoms with Crippen molar-refractivity contribution in [2.75, 3.05) is 12.0 Å². The lowest BCUT2D eigenvalue weighted by Gasteiger charge is -2.25. The van der Waals surface area contributed by atoms with Gasteiger partial charge in [0.25, 0.3) is 0 Å². The summed E-state index contributed by atoms with van der Waals surface area (Å²) in [5.41, 5.74) is 6.26. The minimum Gasteiger partial charge on any atom is -0.508 e. The summed E-state index contributed by atoms with van der Waals surface area (Å²) in [5.74, 6) is -5.12. The molecule has 3 amide bonds. The third kappa shape index (κ3) is 10.5. The first-order valence-corrected chi connectivity index (χ1v) is 12.3. The highest BCUT2D eigenvalue weighted by molar-refractivity contribution is 7.98. The molecule has 0 aliphatic heterocycles. The molecule has 0 heterocycles. The van der Waals surface area contributed by atoms with E-state index in [0.717, 1.165) is 6.92 Å². The lowest BCUT2D eigenvalue weighted by atomic mass is 10.0. The molecule has 1 aromatic carbocycles. The number of aliphatic hydroxyl groups excluding tert-OH is 1. The minimum atomic E-state index is -1.68. The highest BCUT2D eigenvalue weighted by atomic mass is 32.2. The number of thioether (sulfide) groups is 1. The first-order valence-electron chi connectivity index (χ1n) is 10.9. The summed E-state index contributed by atoms with van der Waals surface area (Å²) in [6, 6.07) is -0.0468. The van der Waals surface area contributed by atoms with E-state index >= 15 is 0 Å². The summed E-state index contributed by atoms with van der Waals surface area (Å²) in [5, 5.41) is 44.4. The van der Waals surface area contributed by atoms with Crippen molar-refractivity contribution in [2.45, 2.75) is 56.5 Å². The molecule has 36 heavy (non-hydrogen) atoms. The van der Waals surface area contributed by atoms with Gasteiger partial charge in [0.15, 0.2) is 6.04 Å². The maximum Gasteiger partial charge on any atom is 0.328 e. The zero-order valence-electron chi connectivity index (χ0n) is 19.8. The molecule has 1 aromatic rings. The number of carboxylic acids is 2. The number of aromatic hydroxyl groups is 1. The summed E-state index contributed by atoms with van der Waals surface area (Å²) in [4.78, 5) is 60.9. The van der Waals surface area contributed by atoms with Gasteiger partial charge in [-0.25, -0.2) is 4.79 Å². The van der Waals surface area contributed by atoms with E-state index in [-0.39, 0.29) is 18.6 Å². The Kier molecular flexibility index (Phi) is 12.7. The smallest absolute Gasteiger partial charge is 0.328 e. The van der Waals surface area contributed by atoms with Crippen LogP contribution in [-0.2, 0) is 30.4 Å². The largest absolute Gasteiger partial charge is 0.508 e. The molecule has 1 rings (SSSR count). The summed E-state index contributed by atoms with van der Waals surface area (Å²) < 4.78 is 0. The van der Waals surface area contributed by atoms with Crippen molar-refractivity contribution in [3.05, 3.63) is 29.8 Å². The predicted octanol–water partition coefficient (Wildman–Crippen LogP) is -1.59. The second-order valence-electron chi connectivity index (χ2n) is 8.04. The van der Waals surface area contributed by atoms with Crippen molar-refractivity contribution in [2.24, 2.45) is 5.73 Å². The molecule has 0 saturated heterocycles. The average Bonchev–Trinajstić information content (AvgIpc) is 2.80. The molecule has 5 unspecified atom stereocenters. The van der Waals surface area contributed by atoms with Crippen LogP contribution < -0.4 is 21.7 Å². The number of aliphatic carboxylic acids is 2.